The molecule has 0 unspecified atom stereocenters. The average molecular weight is 400 g/mol. The van der Waals surface area contributed by atoms with E-state index in [1.165, 1.54) is 0 Å². The standard InChI is InChI=1S/C19H12BrClN2O/c20-14-8-13(11-4-2-1-3-5-11)10-17-18(14)24-19(23-17)12-6-7-16(22)15(21)9-12/h1-10H,22H2. The highest BCUT2D eigenvalue weighted by Crippen LogP contribution is 2.35. The quantitative estimate of drug-likeness (QED) is 0.411. The number of rotatable bonds is 2. The smallest absolute Gasteiger partial charge is 0.227 e. The Morgan fingerprint density at radius 1 is 0.917 bits per heavy atom. The van der Waals surface area contributed by atoms with Crippen molar-refractivity contribution in [1.29, 1.82) is 0 Å². The maximum atomic E-state index is 6.10. The molecule has 118 valence electrons. The number of nitrogen functional groups attached to an aromatic ring is 1. The van der Waals surface area contributed by atoms with Gasteiger partial charge in [-0.25, -0.2) is 4.98 Å². The van der Waals surface area contributed by atoms with E-state index in [2.05, 4.69) is 33.0 Å². The van der Waals surface area contributed by atoms with Gasteiger partial charge in [0.25, 0.3) is 0 Å². The second-order valence-electron chi connectivity index (χ2n) is 5.43. The Balaban J connectivity index is 1.86. The van der Waals surface area contributed by atoms with Gasteiger partial charge in [-0.2, -0.15) is 0 Å². The van der Waals surface area contributed by atoms with E-state index in [0.717, 1.165) is 26.7 Å². The Morgan fingerprint density at radius 2 is 1.71 bits per heavy atom. The first-order valence-electron chi connectivity index (χ1n) is 7.33. The van der Waals surface area contributed by atoms with Crippen molar-refractivity contribution in [2.75, 3.05) is 5.73 Å². The molecule has 24 heavy (non-hydrogen) atoms. The van der Waals surface area contributed by atoms with Gasteiger partial charge in [0.15, 0.2) is 5.58 Å². The van der Waals surface area contributed by atoms with Crippen LogP contribution in [-0.4, -0.2) is 4.98 Å². The second-order valence-corrected chi connectivity index (χ2v) is 6.69. The molecule has 4 aromatic rings. The summed E-state index contributed by atoms with van der Waals surface area (Å²) in [6.45, 7) is 0. The van der Waals surface area contributed by atoms with Gasteiger partial charge in [-0.3, -0.25) is 0 Å². The summed E-state index contributed by atoms with van der Waals surface area (Å²) in [5.41, 5.74) is 10.8. The molecule has 0 bridgehead atoms. The van der Waals surface area contributed by atoms with Crippen LogP contribution >= 0.6 is 27.5 Å². The molecule has 0 saturated carbocycles. The molecule has 0 atom stereocenters. The van der Waals surface area contributed by atoms with Crippen LogP contribution in [0.5, 0.6) is 0 Å². The van der Waals surface area contributed by atoms with E-state index in [-0.39, 0.29) is 0 Å². The predicted octanol–water partition coefficient (Wildman–Crippen LogP) is 6.16. The number of hydrogen-bond donors (Lipinski definition) is 1. The minimum absolute atomic E-state index is 0.485. The summed E-state index contributed by atoms with van der Waals surface area (Å²) in [6, 6.07) is 19.5. The van der Waals surface area contributed by atoms with Gasteiger partial charge < -0.3 is 10.2 Å². The van der Waals surface area contributed by atoms with Crippen molar-refractivity contribution < 1.29 is 4.42 Å². The Bertz CT molecular complexity index is 1040. The second kappa shape index (κ2) is 5.96. The zero-order valence-electron chi connectivity index (χ0n) is 12.5. The van der Waals surface area contributed by atoms with Crippen molar-refractivity contribution in [2.45, 2.75) is 0 Å². The molecule has 0 radical (unpaired) electrons. The fourth-order valence-electron chi connectivity index (χ4n) is 2.57. The molecule has 3 nitrogen and oxygen atoms in total. The molecule has 3 aromatic carbocycles. The average Bonchev–Trinajstić information content (AvgIpc) is 3.03. The molecule has 0 saturated heterocycles. The van der Waals surface area contributed by atoms with E-state index in [9.17, 15) is 0 Å². The topological polar surface area (TPSA) is 52.0 Å². The van der Waals surface area contributed by atoms with E-state index in [4.69, 9.17) is 21.8 Å². The number of anilines is 1. The van der Waals surface area contributed by atoms with Crippen LogP contribution in [0.4, 0.5) is 5.69 Å². The normalized spacial score (nSPS) is 11.1. The van der Waals surface area contributed by atoms with E-state index >= 15 is 0 Å². The summed E-state index contributed by atoms with van der Waals surface area (Å²) in [4.78, 5) is 4.60. The maximum Gasteiger partial charge on any atom is 0.227 e. The highest BCUT2D eigenvalue weighted by molar-refractivity contribution is 9.10. The van der Waals surface area contributed by atoms with Crippen molar-refractivity contribution in [3.63, 3.8) is 0 Å². The fourth-order valence-corrected chi connectivity index (χ4v) is 3.28. The van der Waals surface area contributed by atoms with Gasteiger partial charge in [0.2, 0.25) is 5.89 Å². The van der Waals surface area contributed by atoms with Gasteiger partial charge in [-0.1, -0.05) is 41.9 Å². The van der Waals surface area contributed by atoms with Gasteiger partial charge in [-0.05, 0) is 57.4 Å². The SMILES string of the molecule is Nc1ccc(-c2nc3cc(-c4ccccc4)cc(Br)c3o2)cc1Cl. The number of fused-ring (bicyclic) bond motifs is 1. The Kier molecular flexibility index (Phi) is 3.79. The van der Waals surface area contributed by atoms with Crippen LogP contribution in [0.1, 0.15) is 0 Å². The lowest BCUT2D eigenvalue weighted by atomic mass is 10.1. The third-order valence-electron chi connectivity index (χ3n) is 3.80. The highest BCUT2D eigenvalue weighted by Gasteiger charge is 2.13. The van der Waals surface area contributed by atoms with Crippen molar-refractivity contribution in [3.8, 4) is 22.6 Å². The molecule has 0 fully saturated rings. The summed E-state index contributed by atoms with van der Waals surface area (Å²) in [5, 5.41) is 0.485. The Morgan fingerprint density at radius 3 is 2.46 bits per heavy atom. The van der Waals surface area contributed by atoms with Crippen LogP contribution in [-0.2, 0) is 0 Å². The molecule has 0 aliphatic carbocycles. The number of oxazole rings is 1. The number of nitrogens with two attached hydrogens (primary N) is 1. The van der Waals surface area contributed by atoms with Crippen LogP contribution in [0.3, 0.4) is 0 Å². The molecule has 0 aliphatic rings. The first-order chi connectivity index (χ1) is 11.6. The zero-order chi connectivity index (χ0) is 16.7. The van der Waals surface area contributed by atoms with Gasteiger partial charge in [0.05, 0.1) is 15.2 Å². The zero-order valence-corrected chi connectivity index (χ0v) is 14.8. The van der Waals surface area contributed by atoms with Gasteiger partial charge in [-0.15, -0.1) is 0 Å². The van der Waals surface area contributed by atoms with Crippen molar-refractivity contribution in [1.82, 2.24) is 4.98 Å². The lowest BCUT2D eigenvalue weighted by molar-refractivity contribution is 0.618. The Labute approximate surface area is 152 Å². The van der Waals surface area contributed by atoms with Crippen LogP contribution in [0.2, 0.25) is 5.02 Å². The van der Waals surface area contributed by atoms with Crippen molar-refractivity contribution in [3.05, 3.63) is 70.2 Å². The van der Waals surface area contributed by atoms with E-state index in [0.29, 0.717) is 22.2 Å². The first kappa shape index (κ1) is 15.2. The summed E-state index contributed by atoms with van der Waals surface area (Å²) in [6.07, 6.45) is 0. The maximum absolute atomic E-state index is 6.10. The first-order valence-corrected chi connectivity index (χ1v) is 8.50. The molecule has 0 amide bonds. The Hall–Kier alpha value is -2.30. The molecule has 1 heterocycles. The van der Waals surface area contributed by atoms with Gasteiger partial charge in [0, 0.05) is 5.56 Å². The van der Waals surface area contributed by atoms with Crippen LogP contribution in [0.25, 0.3) is 33.7 Å². The van der Waals surface area contributed by atoms with Crippen molar-refractivity contribution >= 4 is 44.3 Å². The number of nitrogens with zero attached hydrogens (tertiary/aromatic N) is 1. The van der Waals surface area contributed by atoms with Gasteiger partial charge >= 0.3 is 0 Å². The monoisotopic (exact) mass is 398 g/mol. The molecular weight excluding hydrogens is 388 g/mol. The molecule has 5 heteroatoms. The fraction of sp³-hybridized carbons (Fsp3) is 0. The molecule has 2 N–H and O–H groups in total. The number of aromatic nitrogens is 1. The summed E-state index contributed by atoms with van der Waals surface area (Å²) < 4.78 is 6.77. The van der Waals surface area contributed by atoms with E-state index < -0.39 is 0 Å². The third kappa shape index (κ3) is 2.68. The number of halogens is 2. The number of benzene rings is 3. The lowest BCUT2D eigenvalue weighted by Gasteiger charge is -2.02. The number of hydrogen-bond acceptors (Lipinski definition) is 3. The minimum atomic E-state index is 0.485. The molecule has 1 aromatic heterocycles. The molecule has 4 rings (SSSR count). The predicted molar refractivity (Wildman–Crippen MR) is 102 cm³/mol. The molecule has 0 aliphatic heterocycles. The largest absolute Gasteiger partial charge is 0.435 e. The van der Waals surface area contributed by atoms with Crippen LogP contribution in [0.15, 0.2) is 69.6 Å². The summed E-state index contributed by atoms with van der Waals surface area (Å²) in [7, 11) is 0. The third-order valence-corrected chi connectivity index (χ3v) is 4.72. The van der Waals surface area contributed by atoms with Crippen molar-refractivity contribution in [2.24, 2.45) is 0 Å². The summed E-state index contributed by atoms with van der Waals surface area (Å²) >= 11 is 9.67. The van der Waals surface area contributed by atoms with Crippen LogP contribution in [0, 0.1) is 0 Å². The van der Waals surface area contributed by atoms with Crippen LogP contribution < -0.4 is 5.73 Å². The molecular formula is C19H12BrClN2O. The van der Waals surface area contributed by atoms with Gasteiger partial charge in [0.1, 0.15) is 5.52 Å². The highest BCUT2D eigenvalue weighted by atomic mass is 79.9. The molecule has 0 spiro atoms. The lowest BCUT2D eigenvalue weighted by Crippen LogP contribution is -1.86. The summed E-state index contributed by atoms with van der Waals surface area (Å²) in [5.74, 6) is 0.512. The van der Waals surface area contributed by atoms with E-state index in [1.807, 2.05) is 36.4 Å². The van der Waals surface area contributed by atoms with E-state index in [1.54, 1.807) is 12.1 Å². The minimum Gasteiger partial charge on any atom is -0.435 e.